The molecule has 2 aromatic heterocycles. The number of tetrazole rings is 1. The van der Waals surface area contributed by atoms with Crippen molar-refractivity contribution in [3.05, 3.63) is 47.2 Å². The van der Waals surface area contributed by atoms with Gasteiger partial charge in [-0.3, -0.25) is 0 Å². The second-order valence-electron chi connectivity index (χ2n) is 5.30. The minimum absolute atomic E-state index is 0.00898. The summed E-state index contributed by atoms with van der Waals surface area (Å²) in [6.07, 6.45) is 0.704. The molecule has 7 nitrogen and oxygen atoms in total. The molecule has 24 heavy (non-hydrogen) atoms. The van der Waals surface area contributed by atoms with E-state index in [2.05, 4.69) is 25.7 Å². The fraction of sp³-hybridized carbons (Fsp3) is 0.400. The summed E-state index contributed by atoms with van der Waals surface area (Å²) in [4.78, 5) is 0. The third-order valence-electron chi connectivity index (χ3n) is 3.46. The first kappa shape index (κ1) is 16.6. The van der Waals surface area contributed by atoms with Gasteiger partial charge in [0.1, 0.15) is 11.5 Å². The Balaban J connectivity index is 1.75. The summed E-state index contributed by atoms with van der Waals surface area (Å²) in [5, 5.41) is 19.6. The van der Waals surface area contributed by atoms with E-state index in [1.807, 2.05) is 20.8 Å². The highest BCUT2D eigenvalue weighted by atomic mass is 32.2. The van der Waals surface area contributed by atoms with Gasteiger partial charge in [0.25, 0.3) is 0 Å². The van der Waals surface area contributed by atoms with Crippen molar-refractivity contribution in [3.63, 3.8) is 0 Å². The lowest BCUT2D eigenvalue weighted by Crippen LogP contribution is -2.05. The Hall–Kier alpha value is -2.29. The van der Waals surface area contributed by atoms with Crippen LogP contribution in [0.3, 0.4) is 0 Å². The Bertz CT molecular complexity index is 833. The maximum Gasteiger partial charge on any atom is 0.229 e. The van der Waals surface area contributed by atoms with E-state index >= 15 is 0 Å². The maximum atomic E-state index is 14.1. The molecule has 2 heterocycles. The molecule has 0 fully saturated rings. The van der Waals surface area contributed by atoms with E-state index < -0.39 is 0 Å². The van der Waals surface area contributed by atoms with Crippen molar-refractivity contribution < 1.29 is 8.81 Å². The van der Waals surface area contributed by atoms with Gasteiger partial charge in [-0.2, -0.15) is 4.68 Å². The number of aryl methyl sites for hydroxylation is 2. The van der Waals surface area contributed by atoms with Crippen molar-refractivity contribution in [3.8, 4) is 5.69 Å². The van der Waals surface area contributed by atoms with Gasteiger partial charge in [0.2, 0.25) is 11.8 Å². The second kappa shape index (κ2) is 7.08. The fourth-order valence-corrected chi connectivity index (χ4v) is 2.93. The lowest BCUT2D eigenvalue weighted by molar-refractivity contribution is 0.456. The van der Waals surface area contributed by atoms with E-state index in [-0.39, 0.29) is 11.1 Å². The smallest absolute Gasteiger partial charge is 0.229 e. The Morgan fingerprint density at radius 2 is 2.12 bits per heavy atom. The van der Waals surface area contributed by atoms with Crippen molar-refractivity contribution in [2.45, 2.75) is 38.2 Å². The highest BCUT2D eigenvalue weighted by Crippen LogP contribution is 2.30. The van der Waals surface area contributed by atoms with Gasteiger partial charge in [-0.05, 0) is 42.0 Å². The molecule has 0 aliphatic heterocycles. The van der Waals surface area contributed by atoms with Crippen molar-refractivity contribution in [1.29, 1.82) is 0 Å². The van der Waals surface area contributed by atoms with Crippen LogP contribution < -0.4 is 0 Å². The van der Waals surface area contributed by atoms with Gasteiger partial charge in [-0.1, -0.05) is 13.0 Å². The van der Waals surface area contributed by atoms with E-state index in [9.17, 15) is 4.39 Å². The number of aromatic nitrogens is 6. The number of rotatable bonds is 6. The number of hydrogen-bond donors (Lipinski definition) is 0. The molecule has 1 aromatic carbocycles. The van der Waals surface area contributed by atoms with Crippen LogP contribution in [0.2, 0.25) is 0 Å². The van der Waals surface area contributed by atoms with Crippen LogP contribution in [0.25, 0.3) is 5.69 Å². The van der Waals surface area contributed by atoms with E-state index in [1.54, 1.807) is 23.9 Å². The Morgan fingerprint density at radius 1 is 1.29 bits per heavy atom. The van der Waals surface area contributed by atoms with Gasteiger partial charge in [0.05, 0.1) is 11.0 Å². The van der Waals surface area contributed by atoms with Crippen molar-refractivity contribution >= 4 is 11.8 Å². The third-order valence-corrected chi connectivity index (χ3v) is 4.59. The lowest BCUT2D eigenvalue weighted by atomic mass is 10.2. The van der Waals surface area contributed by atoms with Crippen LogP contribution in [-0.4, -0.2) is 30.4 Å². The molecule has 0 saturated carbocycles. The fourth-order valence-electron chi connectivity index (χ4n) is 2.11. The molecule has 0 saturated heterocycles. The minimum Gasteiger partial charge on any atom is -0.424 e. The Labute approximate surface area is 142 Å². The first-order valence-corrected chi connectivity index (χ1v) is 8.61. The molecule has 0 spiro atoms. The lowest BCUT2D eigenvalue weighted by Gasteiger charge is -2.08. The van der Waals surface area contributed by atoms with Gasteiger partial charge < -0.3 is 4.42 Å². The molecule has 0 aliphatic rings. The van der Waals surface area contributed by atoms with Crippen LogP contribution in [0.5, 0.6) is 0 Å². The number of thioether (sulfide) groups is 1. The minimum atomic E-state index is -0.364. The zero-order chi connectivity index (χ0) is 17.1. The summed E-state index contributed by atoms with van der Waals surface area (Å²) in [5.41, 5.74) is 1.28. The molecule has 3 rings (SSSR count). The van der Waals surface area contributed by atoms with Gasteiger partial charge in [-0.25, -0.2) is 4.39 Å². The molecule has 0 aliphatic carbocycles. The zero-order valence-electron chi connectivity index (χ0n) is 13.6. The number of nitrogens with zero attached hydrogens (tertiary/aromatic N) is 6. The standard InChI is InChI=1S/C15H17FN6OS/c1-4-14-18-19-15(23-14)10(3)24-8-13-17-20-21-22(13)12-7-9(2)5-6-11(12)16/h5-7,10H,4,8H2,1-3H3/t10-/m0/s1. The highest BCUT2D eigenvalue weighted by molar-refractivity contribution is 7.98. The average molecular weight is 348 g/mol. The van der Waals surface area contributed by atoms with E-state index in [0.29, 0.717) is 35.5 Å². The third kappa shape index (κ3) is 3.45. The largest absolute Gasteiger partial charge is 0.424 e. The van der Waals surface area contributed by atoms with Gasteiger partial charge in [0.15, 0.2) is 5.82 Å². The Morgan fingerprint density at radius 3 is 2.88 bits per heavy atom. The van der Waals surface area contributed by atoms with Crippen molar-refractivity contribution in [2.24, 2.45) is 0 Å². The summed E-state index contributed by atoms with van der Waals surface area (Å²) < 4.78 is 21.0. The second-order valence-corrected chi connectivity index (χ2v) is 6.63. The van der Waals surface area contributed by atoms with Crippen LogP contribution in [0.1, 0.15) is 42.3 Å². The summed E-state index contributed by atoms with van der Waals surface area (Å²) in [7, 11) is 0. The predicted molar refractivity (Wildman–Crippen MR) is 87.2 cm³/mol. The van der Waals surface area contributed by atoms with Gasteiger partial charge in [0, 0.05) is 6.42 Å². The first-order valence-electron chi connectivity index (χ1n) is 7.56. The SMILES string of the molecule is CCc1nnc([C@H](C)SCc2nnnn2-c2cc(C)ccc2F)o1. The molecular formula is C15H17FN6OS. The molecule has 0 N–H and O–H groups in total. The average Bonchev–Trinajstić information content (AvgIpc) is 3.23. The van der Waals surface area contributed by atoms with E-state index in [1.165, 1.54) is 10.7 Å². The molecule has 9 heteroatoms. The molecule has 0 radical (unpaired) electrons. The summed E-state index contributed by atoms with van der Waals surface area (Å²) in [5.74, 6) is 1.87. The number of halogens is 1. The Kier molecular flexibility index (Phi) is 4.89. The summed E-state index contributed by atoms with van der Waals surface area (Å²) >= 11 is 1.55. The molecule has 0 bridgehead atoms. The molecule has 1 atom stereocenters. The topological polar surface area (TPSA) is 82.5 Å². The molecular weight excluding hydrogens is 331 g/mol. The highest BCUT2D eigenvalue weighted by Gasteiger charge is 2.18. The monoisotopic (exact) mass is 348 g/mol. The van der Waals surface area contributed by atoms with Crippen LogP contribution in [-0.2, 0) is 12.2 Å². The van der Waals surface area contributed by atoms with Crippen molar-refractivity contribution in [2.75, 3.05) is 0 Å². The van der Waals surface area contributed by atoms with Gasteiger partial charge >= 0.3 is 0 Å². The first-order chi connectivity index (χ1) is 11.6. The normalized spacial score (nSPS) is 12.5. The molecule has 3 aromatic rings. The number of benzene rings is 1. The molecule has 126 valence electrons. The van der Waals surface area contributed by atoms with E-state index in [0.717, 1.165) is 5.56 Å². The molecule has 0 amide bonds. The maximum absolute atomic E-state index is 14.1. The summed E-state index contributed by atoms with van der Waals surface area (Å²) in [6.45, 7) is 5.82. The van der Waals surface area contributed by atoms with E-state index in [4.69, 9.17) is 4.42 Å². The van der Waals surface area contributed by atoms with Crippen LogP contribution in [0.4, 0.5) is 4.39 Å². The van der Waals surface area contributed by atoms with Crippen LogP contribution in [0.15, 0.2) is 22.6 Å². The van der Waals surface area contributed by atoms with Crippen molar-refractivity contribution in [1.82, 2.24) is 30.4 Å². The van der Waals surface area contributed by atoms with Gasteiger partial charge in [-0.15, -0.1) is 27.1 Å². The quantitative estimate of drug-likeness (QED) is 0.677. The van der Waals surface area contributed by atoms with Crippen LogP contribution in [0, 0.1) is 12.7 Å². The van der Waals surface area contributed by atoms with Crippen LogP contribution >= 0.6 is 11.8 Å². The zero-order valence-corrected chi connectivity index (χ0v) is 14.4. The predicted octanol–water partition coefficient (Wildman–Crippen LogP) is 3.05. The molecule has 0 unspecified atom stereocenters. The summed E-state index contributed by atoms with van der Waals surface area (Å²) in [6, 6.07) is 4.84. The number of hydrogen-bond acceptors (Lipinski definition) is 7.